The van der Waals surface area contributed by atoms with E-state index >= 15 is 0 Å². The van der Waals surface area contributed by atoms with Crippen LogP contribution in [-0.4, -0.2) is 46.3 Å². The van der Waals surface area contributed by atoms with Crippen LogP contribution in [0, 0.1) is 0 Å². The molecular formula is C17H19N3O4. The number of epoxide rings is 1. The van der Waals surface area contributed by atoms with Crippen LogP contribution < -0.4 is 9.47 Å². The molecule has 1 aromatic carbocycles. The minimum Gasteiger partial charge on any atom is -0.454 e. The van der Waals surface area contributed by atoms with Crippen LogP contribution in [0.2, 0.25) is 0 Å². The lowest BCUT2D eigenvalue weighted by Gasteiger charge is -2.25. The maximum atomic E-state index is 12.3. The summed E-state index contributed by atoms with van der Waals surface area (Å²) >= 11 is 0. The molecule has 0 saturated carbocycles. The molecule has 0 radical (unpaired) electrons. The first-order valence-electron chi connectivity index (χ1n) is 7.98. The lowest BCUT2D eigenvalue weighted by Crippen LogP contribution is -2.39. The fraction of sp³-hybridized carbons (Fsp3) is 0.412. The average molecular weight is 329 g/mol. The maximum Gasteiger partial charge on any atom is 0.254 e. The molecule has 1 N–H and O–H groups in total. The summed E-state index contributed by atoms with van der Waals surface area (Å²) in [5.74, 6) is 2.24. The van der Waals surface area contributed by atoms with Gasteiger partial charge in [0.05, 0.1) is 25.0 Å². The molecule has 0 aliphatic carbocycles. The number of aromatic amines is 1. The highest BCUT2D eigenvalue weighted by Gasteiger charge is 2.36. The lowest BCUT2D eigenvalue weighted by molar-refractivity contribution is -0.135. The molecule has 1 amide bonds. The summed E-state index contributed by atoms with van der Waals surface area (Å²) in [6.07, 6.45) is 1.49. The summed E-state index contributed by atoms with van der Waals surface area (Å²) in [5.41, 5.74) is 1.84. The Morgan fingerprint density at radius 2 is 2.17 bits per heavy atom. The van der Waals surface area contributed by atoms with E-state index < -0.39 is 0 Å². The number of fused-ring (bicyclic) bond motifs is 1. The van der Waals surface area contributed by atoms with Gasteiger partial charge in [-0.25, -0.2) is 4.98 Å². The number of H-pyrrole nitrogens is 1. The summed E-state index contributed by atoms with van der Waals surface area (Å²) in [4.78, 5) is 21.7. The fourth-order valence-corrected chi connectivity index (χ4v) is 2.71. The van der Waals surface area contributed by atoms with E-state index in [2.05, 4.69) is 9.97 Å². The molecule has 1 aromatic heterocycles. The first kappa shape index (κ1) is 15.0. The second kappa shape index (κ2) is 5.83. The Hall–Kier alpha value is -2.54. The van der Waals surface area contributed by atoms with Crippen molar-refractivity contribution in [2.24, 2.45) is 0 Å². The fourth-order valence-electron chi connectivity index (χ4n) is 2.71. The Labute approximate surface area is 139 Å². The van der Waals surface area contributed by atoms with Crippen LogP contribution >= 0.6 is 0 Å². The van der Waals surface area contributed by atoms with Crippen molar-refractivity contribution in [3.63, 3.8) is 0 Å². The van der Waals surface area contributed by atoms with Gasteiger partial charge in [-0.2, -0.15) is 0 Å². The molecule has 1 unspecified atom stereocenters. The number of aromatic nitrogens is 2. The second-order valence-electron chi connectivity index (χ2n) is 6.19. The van der Waals surface area contributed by atoms with Crippen LogP contribution in [-0.2, 0) is 16.1 Å². The van der Waals surface area contributed by atoms with Crippen LogP contribution in [0.5, 0.6) is 11.5 Å². The van der Waals surface area contributed by atoms with Crippen LogP contribution in [0.3, 0.4) is 0 Å². The molecule has 1 fully saturated rings. The highest BCUT2D eigenvalue weighted by molar-refractivity contribution is 5.83. The minimum absolute atomic E-state index is 0.0195. The van der Waals surface area contributed by atoms with Crippen LogP contribution in [0.25, 0.3) is 11.3 Å². The summed E-state index contributed by atoms with van der Waals surface area (Å²) in [7, 11) is 0. The van der Waals surface area contributed by atoms with Gasteiger partial charge < -0.3 is 24.1 Å². The molecule has 0 bridgehead atoms. The van der Waals surface area contributed by atoms with Gasteiger partial charge in [-0.3, -0.25) is 4.79 Å². The highest BCUT2D eigenvalue weighted by atomic mass is 16.7. The van der Waals surface area contributed by atoms with E-state index in [9.17, 15) is 4.79 Å². The number of rotatable bonds is 5. The van der Waals surface area contributed by atoms with E-state index in [-0.39, 0.29) is 24.8 Å². The van der Waals surface area contributed by atoms with Gasteiger partial charge in [0, 0.05) is 11.6 Å². The second-order valence-corrected chi connectivity index (χ2v) is 6.19. The third-order valence-corrected chi connectivity index (χ3v) is 4.15. The van der Waals surface area contributed by atoms with Crippen molar-refractivity contribution in [3.8, 4) is 22.8 Å². The quantitative estimate of drug-likeness (QED) is 0.848. The third-order valence-electron chi connectivity index (χ3n) is 4.15. The molecule has 24 heavy (non-hydrogen) atoms. The largest absolute Gasteiger partial charge is 0.454 e. The zero-order chi connectivity index (χ0) is 16.7. The minimum atomic E-state index is -0.282. The zero-order valence-electron chi connectivity index (χ0n) is 13.6. The van der Waals surface area contributed by atoms with Crippen molar-refractivity contribution in [2.45, 2.75) is 32.5 Å². The summed E-state index contributed by atoms with van der Waals surface area (Å²) in [5, 5.41) is 0. The molecule has 1 atom stereocenters. The van der Waals surface area contributed by atoms with Gasteiger partial charge in [0.25, 0.3) is 5.91 Å². The van der Waals surface area contributed by atoms with Gasteiger partial charge in [-0.1, -0.05) is 0 Å². The van der Waals surface area contributed by atoms with Gasteiger partial charge >= 0.3 is 0 Å². The summed E-state index contributed by atoms with van der Waals surface area (Å²) < 4.78 is 15.8. The first-order chi connectivity index (χ1) is 11.6. The van der Waals surface area contributed by atoms with Gasteiger partial charge in [0.1, 0.15) is 5.82 Å². The molecule has 126 valence electrons. The number of ether oxygens (including phenoxy) is 3. The van der Waals surface area contributed by atoms with E-state index in [4.69, 9.17) is 14.2 Å². The van der Waals surface area contributed by atoms with E-state index in [1.54, 1.807) is 11.1 Å². The Kier molecular flexibility index (Phi) is 3.65. The molecule has 0 spiro atoms. The van der Waals surface area contributed by atoms with Crippen molar-refractivity contribution in [3.05, 3.63) is 30.2 Å². The molecule has 7 nitrogen and oxygen atoms in total. The van der Waals surface area contributed by atoms with Crippen LogP contribution in [0.1, 0.15) is 19.7 Å². The molecule has 7 heteroatoms. The lowest BCUT2D eigenvalue weighted by atomic mass is 10.1. The van der Waals surface area contributed by atoms with Crippen molar-refractivity contribution < 1.29 is 19.0 Å². The number of nitrogens with zero attached hydrogens (tertiary/aromatic N) is 2. The van der Waals surface area contributed by atoms with Gasteiger partial charge in [0.2, 0.25) is 6.79 Å². The molecule has 2 aliphatic heterocycles. The van der Waals surface area contributed by atoms with E-state index in [1.165, 1.54) is 0 Å². The van der Waals surface area contributed by atoms with Gasteiger partial charge in [-0.05, 0) is 32.0 Å². The Bertz CT molecular complexity index is 767. The first-order valence-corrected chi connectivity index (χ1v) is 7.98. The number of nitrogens with one attached hydrogen (secondary N) is 1. The van der Waals surface area contributed by atoms with Crippen molar-refractivity contribution >= 4 is 5.91 Å². The monoisotopic (exact) mass is 329 g/mol. The van der Waals surface area contributed by atoms with Gasteiger partial charge in [-0.15, -0.1) is 0 Å². The third kappa shape index (κ3) is 2.82. The number of benzene rings is 1. The predicted octanol–water partition coefficient (Wildman–Crippen LogP) is 1.94. The predicted molar refractivity (Wildman–Crippen MR) is 85.6 cm³/mol. The van der Waals surface area contributed by atoms with Gasteiger partial charge in [0.15, 0.2) is 17.6 Å². The molecular weight excluding hydrogens is 310 g/mol. The average Bonchev–Trinajstić information content (AvgIpc) is 3.14. The Morgan fingerprint density at radius 3 is 2.92 bits per heavy atom. The zero-order valence-corrected chi connectivity index (χ0v) is 13.6. The van der Waals surface area contributed by atoms with Crippen LogP contribution in [0.15, 0.2) is 24.4 Å². The number of carbonyl (C=O) groups is 1. The maximum absolute atomic E-state index is 12.3. The van der Waals surface area contributed by atoms with Crippen LogP contribution in [0.4, 0.5) is 0 Å². The Balaban J connectivity index is 1.52. The van der Waals surface area contributed by atoms with E-state index in [0.29, 0.717) is 13.2 Å². The number of carbonyl (C=O) groups excluding carboxylic acids is 1. The molecule has 4 rings (SSSR count). The van der Waals surface area contributed by atoms with Crippen molar-refractivity contribution in [2.75, 3.05) is 13.4 Å². The number of hydrogen-bond acceptors (Lipinski definition) is 5. The Morgan fingerprint density at radius 1 is 1.38 bits per heavy atom. The summed E-state index contributed by atoms with van der Waals surface area (Å²) in [6, 6.07) is 5.84. The van der Waals surface area contributed by atoms with Crippen molar-refractivity contribution in [1.29, 1.82) is 0 Å². The van der Waals surface area contributed by atoms with E-state index in [0.717, 1.165) is 28.6 Å². The molecule has 1 saturated heterocycles. The van der Waals surface area contributed by atoms with E-state index in [1.807, 2.05) is 32.0 Å². The normalized spacial score (nSPS) is 18.0. The SMILES string of the molecule is CC(C)N(Cc1ncc(-c2ccc3c(c2)OCO3)[nH]1)C(=O)C1CO1. The standard InChI is InChI=1S/C17H19N3O4/c1-10(2)20(17(21)15-8-22-15)7-16-18-6-12(19-16)11-3-4-13-14(5-11)24-9-23-13/h3-6,10,15H,7-9H2,1-2H3,(H,18,19). The number of hydrogen-bond donors (Lipinski definition) is 1. The summed E-state index contributed by atoms with van der Waals surface area (Å²) in [6.45, 7) is 5.18. The number of amides is 1. The molecule has 2 aromatic rings. The smallest absolute Gasteiger partial charge is 0.254 e. The van der Waals surface area contributed by atoms with Crippen molar-refractivity contribution in [1.82, 2.24) is 14.9 Å². The molecule has 2 aliphatic rings. The highest BCUT2D eigenvalue weighted by Crippen LogP contribution is 2.35. The topological polar surface area (TPSA) is 80.0 Å². The molecule has 3 heterocycles. The number of imidazole rings is 1.